The molecule has 1 aromatic carbocycles. The second-order valence-electron chi connectivity index (χ2n) is 3.83. The molecule has 2 aromatic rings. The zero-order chi connectivity index (χ0) is 14.7. The summed E-state index contributed by atoms with van der Waals surface area (Å²) in [6, 6.07) is 3.95. The second-order valence-corrected chi connectivity index (χ2v) is 4.24. The van der Waals surface area contributed by atoms with Gasteiger partial charge in [-0.2, -0.15) is 4.98 Å². The molecule has 106 valence electrons. The Labute approximate surface area is 119 Å². The van der Waals surface area contributed by atoms with Crippen LogP contribution in [0.25, 0.3) is 11.4 Å². The molecule has 0 spiro atoms. The van der Waals surface area contributed by atoms with E-state index in [0.29, 0.717) is 11.4 Å². The lowest BCUT2D eigenvalue weighted by molar-refractivity contribution is -0.143. The Kier molecular flexibility index (Phi) is 4.19. The Hall–Kier alpha value is -2.15. The Morgan fingerprint density at radius 1 is 1.50 bits per heavy atom. The summed E-state index contributed by atoms with van der Waals surface area (Å²) in [5.41, 5.74) is 0.510. The van der Waals surface area contributed by atoms with Gasteiger partial charge in [0.25, 0.3) is 0 Å². The number of benzene rings is 1. The van der Waals surface area contributed by atoms with E-state index >= 15 is 0 Å². The summed E-state index contributed by atoms with van der Waals surface area (Å²) in [6.07, 6.45) is 0. The smallest absolute Gasteiger partial charge is 0.344 e. The maximum Gasteiger partial charge on any atom is 0.344 e. The van der Waals surface area contributed by atoms with E-state index in [-0.39, 0.29) is 17.6 Å². The molecule has 0 amide bonds. The lowest BCUT2D eigenvalue weighted by Crippen LogP contribution is -2.13. The summed E-state index contributed by atoms with van der Waals surface area (Å²) < 4.78 is 23.9. The monoisotopic (exact) mass is 299 g/mol. The highest BCUT2D eigenvalue weighted by Gasteiger charge is 2.15. The minimum absolute atomic E-state index is 0.00768. The average molecular weight is 300 g/mol. The number of rotatable bonds is 4. The SMILES string of the molecule is COC(=O)COc1nc(-c2ccc(F)cc2Cl)n(C)n1. The van der Waals surface area contributed by atoms with E-state index in [2.05, 4.69) is 14.8 Å². The van der Waals surface area contributed by atoms with E-state index in [4.69, 9.17) is 16.3 Å². The molecule has 1 heterocycles. The molecule has 1 aromatic heterocycles. The molecule has 20 heavy (non-hydrogen) atoms. The molecular weight excluding hydrogens is 289 g/mol. The number of carbonyl (C=O) groups is 1. The van der Waals surface area contributed by atoms with E-state index < -0.39 is 11.8 Å². The zero-order valence-electron chi connectivity index (χ0n) is 10.8. The molecule has 0 atom stereocenters. The third-order valence-corrected chi connectivity index (χ3v) is 2.78. The summed E-state index contributed by atoms with van der Waals surface area (Å²) >= 11 is 5.96. The molecule has 0 saturated carbocycles. The van der Waals surface area contributed by atoms with Crippen molar-refractivity contribution in [2.45, 2.75) is 0 Å². The summed E-state index contributed by atoms with van der Waals surface area (Å²) in [5.74, 6) is -0.586. The highest BCUT2D eigenvalue weighted by Crippen LogP contribution is 2.27. The van der Waals surface area contributed by atoms with Gasteiger partial charge in [-0.05, 0) is 18.2 Å². The van der Waals surface area contributed by atoms with Gasteiger partial charge in [-0.3, -0.25) is 0 Å². The number of halogens is 2. The van der Waals surface area contributed by atoms with Crippen LogP contribution in [0.5, 0.6) is 6.01 Å². The first kappa shape index (κ1) is 14.3. The molecule has 0 aliphatic heterocycles. The number of methoxy groups -OCH3 is 1. The van der Waals surface area contributed by atoms with Crippen LogP contribution in [0.2, 0.25) is 5.02 Å². The summed E-state index contributed by atoms with van der Waals surface area (Å²) in [5, 5.41) is 4.19. The standard InChI is InChI=1S/C12H11ClFN3O3/c1-17-11(8-4-3-7(14)5-9(8)13)15-12(16-17)20-6-10(18)19-2/h3-5H,6H2,1-2H3. The molecule has 0 bridgehead atoms. The maximum atomic E-state index is 13.0. The van der Waals surface area contributed by atoms with Gasteiger partial charge >= 0.3 is 12.0 Å². The van der Waals surface area contributed by atoms with Crippen LogP contribution < -0.4 is 4.74 Å². The highest BCUT2D eigenvalue weighted by atomic mass is 35.5. The number of esters is 1. The minimum Gasteiger partial charge on any atom is -0.466 e. The molecule has 0 saturated heterocycles. The lowest BCUT2D eigenvalue weighted by Gasteiger charge is -2.02. The first-order chi connectivity index (χ1) is 9.51. The van der Waals surface area contributed by atoms with Crippen molar-refractivity contribution in [1.29, 1.82) is 0 Å². The fourth-order valence-corrected chi connectivity index (χ4v) is 1.76. The van der Waals surface area contributed by atoms with Crippen LogP contribution in [0, 0.1) is 5.82 Å². The number of aryl methyl sites for hydroxylation is 1. The first-order valence-electron chi connectivity index (χ1n) is 5.57. The molecule has 8 heteroatoms. The van der Waals surface area contributed by atoms with Crippen LogP contribution in [-0.4, -0.2) is 34.5 Å². The normalized spacial score (nSPS) is 10.4. The second kappa shape index (κ2) is 5.87. The predicted octanol–water partition coefficient (Wildman–Crippen LogP) is 1.83. The van der Waals surface area contributed by atoms with Gasteiger partial charge in [0.1, 0.15) is 5.82 Å². The molecule has 0 aliphatic rings. The maximum absolute atomic E-state index is 13.0. The van der Waals surface area contributed by atoms with Crippen molar-refractivity contribution in [2.75, 3.05) is 13.7 Å². The van der Waals surface area contributed by atoms with Crippen molar-refractivity contribution in [3.05, 3.63) is 29.0 Å². The van der Waals surface area contributed by atoms with Gasteiger partial charge in [-0.15, -0.1) is 5.10 Å². The number of carbonyl (C=O) groups excluding carboxylic acids is 1. The Morgan fingerprint density at radius 2 is 2.25 bits per heavy atom. The van der Waals surface area contributed by atoms with Gasteiger partial charge in [0, 0.05) is 12.6 Å². The van der Waals surface area contributed by atoms with E-state index in [9.17, 15) is 9.18 Å². The molecule has 0 aliphatic carbocycles. The Bertz CT molecular complexity index is 645. The predicted molar refractivity (Wildman–Crippen MR) is 68.9 cm³/mol. The third kappa shape index (κ3) is 3.05. The topological polar surface area (TPSA) is 66.2 Å². The number of aromatic nitrogens is 3. The van der Waals surface area contributed by atoms with E-state index in [1.165, 1.54) is 30.0 Å². The molecule has 0 fully saturated rings. The van der Waals surface area contributed by atoms with E-state index in [1.807, 2.05) is 0 Å². The third-order valence-electron chi connectivity index (χ3n) is 2.46. The van der Waals surface area contributed by atoms with Crippen molar-refractivity contribution < 1.29 is 18.7 Å². The van der Waals surface area contributed by atoms with Gasteiger partial charge in [-0.25, -0.2) is 13.9 Å². The molecular formula is C12H11ClFN3O3. The van der Waals surface area contributed by atoms with Gasteiger partial charge in [0.2, 0.25) is 0 Å². The van der Waals surface area contributed by atoms with Gasteiger partial charge in [0.05, 0.1) is 12.1 Å². The fraction of sp³-hybridized carbons (Fsp3) is 0.250. The van der Waals surface area contributed by atoms with Gasteiger partial charge in [-0.1, -0.05) is 11.6 Å². The van der Waals surface area contributed by atoms with Crippen molar-refractivity contribution in [2.24, 2.45) is 7.05 Å². The molecule has 0 unspecified atom stereocenters. The van der Waals surface area contributed by atoms with E-state index in [1.54, 1.807) is 7.05 Å². The van der Waals surface area contributed by atoms with Crippen LogP contribution in [0.15, 0.2) is 18.2 Å². The largest absolute Gasteiger partial charge is 0.466 e. The summed E-state index contributed by atoms with van der Waals surface area (Å²) in [6.45, 7) is -0.295. The highest BCUT2D eigenvalue weighted by molar-refractivity contribution is 6.33. The quantitative estimate of drug-likeness (QED) is 0.806. The number of hydrogen-bond donors (Lipinski definition) is 0. The number of ether oxygens (including phenoxy) is 2. The molecule has 0 radical (unpaired) electrons. The summed E-state index contributed by atoms with van der Waals surface area (Å²) in [7, 11) is 2.88. The first-order valence-corrected chi connectivity index (χ1v) is 5.95. The molecule has 0 N–H and O–H groups in total. The van der Waals surface area contributed by atoms with Crippen molar-refractivity contribution in [3.63, 3.8) is 0 Å². The Balaban J connectivity index is 2.25. The zero-order valence-corrected chi connectivity index (χ0v) is 11.5. The van der Waals surface area contributed by atoms with E-state index in [0.717, 1.165) is 0 Å². The van der Waals surface area contributed by atoms with Gasteiger partial charge < -0.3 is 9.47 Å². The van der Waals surface area contributed by atoms with Crippen LogP contribution in [0.4, 0.5) is 4.39 Å². The number of nitrogens with zero attached hydrogens (tertiary/aromatic N) is 3. The van der Waals surface area contributed by atoms with Crippen molar-refractivity contribution >= 4 is 17.6 Å². The van der Waals surface area contributed by atoms with Crippen molar-refractivity contribution in [1.82, 2.24) is 14.8 Å². The molecule has 6 nitrogen and oxygen atoms in total. The van der Waals surface area contributed by atoms with Crippen molar-refractivity contribution in [3.8, 4) is 17.4 Å². The van der Waals surface area contributed by atoms with Crippen LogP contribution >= 0.6 is 11.6 Å². The minimum atomic E-state index is -0.543. The van der Waals surface area contributed by atoms with Gasteiger partial charge in [0.15, 0.2) is 12.4 Å². The van der Waals surface area contributed by atoms with Crippen LogP contribution in [0.3, 0.4) is 0 Å². The molecule has 2 rings (SSSR count). The average Bonchev–Trinajstić information content (AvgIpc) is 2.77. The van der Waals surface area contributed by atoms with Crippen LogP contribution in [0.1, 0.15) is 0 Å². The fourth-order valence-electron chi connectivity index (χ4n) is 1.51. The lowest BCUT2D eigenvalue weighted by atomic mass is 10.2. The Morgan fingerprint density at radius 3 is 2.90 bits per heavy atom. The summed E-state index contributed by atoms with van der Waals surface area (Å²) in [4.78, 5) is 15.1. The van der Waals surface area contributed by atoms with Crippen LogP contribution in [-0.2, 0) is 16.6 Å². The number of hydrogen-bond acceptors (Lipinski definition) is 5.